The fourth-order valence-electron chi connectivity index (χ4n) is 2.82. The first-order valence-corrected chi connectivity index (χ1v) is 8.54. The minimum Gasteiger partial charge on any atom is -0.237 e. The van der Waals surface area contributed by atoms with Crippen molar-refractivity contribution in [3.8, 4) is 5.69 Å². The monoisotopic (exact) mass is 345 g/mol. The number of hydrogen-bond acceptors (Lipinski definition) is 3. The summed E-state index contributed by atoms with van der Waals surface area (Å²) in [5.74, 6) is 0. The lowest BCUT2D eigenvalue weighted by molar-refractivity contribution is -0.142. The molecule has 3 rings (SSSR count). The molecule has 1 aliphatic carbocycles. The molecule has 0 saturated heterocycles. The molecule has 0 aliphatic heterocycles. The first-order chi connectivity index (χ1) is 10.7. The zero-order chi connectivity index (χ0) is 16.8. The van der Waals surface area contributed by atoms with Crippen LogP contribution in [0, 0.1) is 0 Å². The number of aromatic nitrogens is 2. The maximum atomic E-state index is 13.2. The Kier molecular flexibility index (Phi) is 3.72. The summed E-state index contributed by atoms with van der Waals surface area (Å²) in [5, 5.41) is 8.75. The number of alkyl halides is 3. The molecule has 23 heavy (non-hydrogen) atoms. The predicted molar refractivity (Wildman–Crippen MR) is 76.6 cm³/mol. The molecule has 1 aromatic carbocycles. The van der Waals surface area contributed by atoms with Gasteiger partial charge in [0.25, 0.3) is 0 Å². The van der Waals surface area contributed by atoms with E-state index in [1.165, 1.54) is 28.9 Å². The van der Waals surface area contributed by atoms with Crippen molar-refractivity contribution in [2.45, 2.75) is 36.8 Å². The van der Waals surface area contributed by atoms with Gasteiger partial charge in [-0.15, -0.1) is 0 Å². The van der Waals surface area contributed by atoms with Crippen LogP contribution in [0.25, 0.3) is 5.69 Å². The predicted octanol–water partition coefficient (Wildman–Crippen LogP) is 2.42. The third kappa shape index (κ3) is 2.98. The highest BCUT2D eigenvalue weighted by Gasteiger charge is 2.39. The first-order valence-electron chi connectivity index (χ1n) is 6.99. The van der Waals surface area contributed by atoms with Gasteiger partial charge in [-0.3, -0.25) is 0 Å². The lowest BCUT2D eigenvalue weighted by Crippen LogP contribution is -2.12. The van der Waals surface area contributed by atoms with Crippen LogP contribution in [0.2, 0.25) is 0 Å². The molecule has 124 valence electrons. The van der Waals surface area contributed by atoms with Crippen LogP contribution in [-0.2, 0) is 29.0 Å². The summed E-state index contributed by atoms with van der Waals surface area (Å²) >= 11 is 0. The van der Waals surface area contributed by atoms with E-state index in [4.69, 9.17) is 5.14 Å². The average molecular weight is 345 g/mol. The van der Waals surface area contributed by atoms with Crippen molar-refractivity contribution < 1.29 is 21.6 Å². The van der Waals surface area contributed by atoms with Gasteiger partial charge >= 0.3 is 6.18 Å². The summed E-state index contributed by atoms with van der Waals surface area (Å²) in [6, 6.07) is 5.33. The van der Waals surface area contributed by atoms with Gasteiger partial charge in [0.1, 0.15) is 0 Å². The number of fused-ring (bicyclic) bond motifs is 1. The van der Waals surface area contributed by atoms with Gasteiger partial charge in [0.2, 0.25) is 10.0 Å². The van der Waals surface area contributed by atoms with Crippen molar-refractivity contribution in [3.05, 3.63) is 41.2 Å². The van der Waals surface area contributed by atoms with Crippen LogP contribution in [0.4, 0.5) is 13.2 Å². The number of benzene rings is 1. The van der Waals surface area contributed by atoms with Crippen molar-refractivity contribution in [1.29, 1.82) is 0 Å². The molecule has 2 N–H and O–H groups in total. The highest BCUT2D eigenvalue weighted by atomic mass is 32.2. The van der Waals surface area contributed by atoms with Gasteiger partial charge in [-0.1, -0.05) is 0 Å². The second-order valence-corrected chi connectivity index (χ2v) is 6.99. The van der Waals surface area contributed by atoms with Crippen molar-refractivity contribution in [3.63, 3.8) is 0 Å². The lowest BCUT2D eigenvalue weighted by atomic mass is 9.95. The number of hydrogen-bond donors (Lipinski definition) is 1. The minimum absolute atomic E-state index is 0.0988. The van der Waals surface area contributed by atoms with Gasteiger partial charge in [0.15, 0.2) is 5.69 Å². The number of halogens is 3. The van der Waals surface area contributed by atoms with Crippen LogP contribution in [0.15, 0.2) is 29.2 Å². The van der Waals surface area contributed by atoms with Gasteiger partial charge in [-0.25, -0.2) is 18.2 Å². The van der Waals surface area contributed by atoms with Crippen LogP contribution >= 0.6 is 0 Å². The van der Waals surface area contributed by atoms with E-state index >= 15 is 0 Å². The van der Waals surface area contributed by atoms with E-state index in [9.17, 15) is 21.6 Å². The summed E-state index contributed by atoms with van der Waals surface area (Å²) in [4.78, 5) is -0.0988. The Hall–Kier alpha value is -1.87. The molecule has 0 unspecified atom stereocenters. The summed E-state index contributed by atoms with van der Waals surface area (Å²) < 4.78 is 63.2. The average Bonchev–Trinajstić information content (AvgIpc) is 2.86. The molecule has 1 aromatic heterocycles. The van der Waals surface area contributed by atoms with Crippen LogP contribution < -0.4 is 5.14 Å². The van der Waals surface area contributed by atoms with Crippen molar-refractivity contribution >= 4 is 10.0 Å². The van der Waals surface area contributed by atoms with Gasteiger partial charge in [0.05, 0.1) is 10.6 Å². The van der Waals surface area contributed by atoms with E-state index in [-0.39, 0.29) is 10.5 Å². The summed E-state index contributed by atoms with van der Waals surface area (Å²) in [6.07, 6.45) is -2.15. The van der Waals surface area contributed by atoms with E-state index in [1.54, 1.807) is 0 Å². The van der Waals surface area contributed by atoms with Crippen molar-refractivity contribution in [2.24, 2.45) is 5.14 Å². The molecule has 0 atom stereocenters. The Morgan fingerprint density at radius 2 is 1.70 bits per heavy atom. The Morgan fingerprint density at radius 3 is 2.26 bits per heavy atom. The second kappa shape index (κ2) is 5.34. The zero-order valence-electron chi connectivity index (χ0n) is 12.0. The third-order valence-corrected chi connectivity index (χ3v) is 4.79. The fourth-order valence-corrected chi connectivity index (χ4v) is 3.33. The van der Waals surface area contributed by atoms with Crippen LogP contribution in [-0.4, -0.2) is 18.2 Å². The summed E-state index contributed by atoms with van der Waals surface area (Å²) in [7, 11) is -3.85. The molecule has 5 nitrogen and oxygen atoms in total. The van der Waals surface area contributed by atoms with Gasteiger partial charge < -0.3 is 0 Å². The van der Waals surface area contributed by atoms with Crippen LogP contribution in [0.5, 0.6) is 0 Å². The number of rotatable bonds is 2. The van der Waals surface area contributed by atoms with Gasteiger partial charge in [-0.2, -0.15) is 18.3 Å². The zero-order valence-corrected chi connectivity index (χ0v) is 12.8. The van der Waals surface area contributed by atoms with Crippen LogP contribution in [0.1, 0.15) is 29.8 Å². The molecule has 0 amide bonds. The Bertz CT molecular complexity index is 839. The Morgan fingerprint density at radius 1 is 1.09 bits per heavy atom. The highest BCUT2D eigenvalue weighted by Crippen LogP contribution is 2.36. The largest absolute Gasteiger partial charge is 0.435 e. The van der Waals surface area contributed by atoms with E-state index in [0.717, 1.165) is 6.42 Å². The molecule has 0 saturated carbocycles. The van der Waals surface area contributed by atoms with Crippen molar-refractivity contribution in [2.75, 3.05) is 0 Å². The Balaban J connectivity index is 2.12. The molecule has 1 aliphatic rings. The molecule has 0 bridgehead atoms. The van der Waals surface area contributed by atoms with E-state index < -0.39 is 21.9 Å². The molecule has 0 spiro atoms. The van der Waals surface area contributed by atoms with Crippen LogP contribution in [0.3, 0.4) is 0 Å². The lowest BCUT2D eigenvalue weighted by Gasteiger charge is -2.14. The molecular weight excluding hydrogens is 331 g/mol. The second-order valence-electron chi connectivity index (χ2n) is 5.43. The van der Waals surface area contributed by atoms with E-state index in [0.29, 0.717) is 30.6 Å². The smallest absolute Gasteiger partial charge is 0.237 e. The van der Waals surface area contributed by atoms with E-state index in [1.807, 2.05) is 0 Å². The summed E-state index contributed by atoms with van der Waals surface area (Å²) in [5.41, 5.74) is 0.292. The van der Waals surface area contributed by atoms with E-state index in [2.05, 4.69) is 5.10 Å². The number of sulfonamides is 1. The molecule has 9 heteroatoms. The highest BCUT2D eigenvalue weighted by molar-refractivity contribution is 7.89. The molecule has 1 heterocycles. The molecule has 2 aromatic rings. The molecule has 0 fully saturated rings. The van der Waals surface area contributed by atoms with Crippen molar-refractivity contribution in [1.82, 2.24) is 9.78 Å². The Labute approximate surface area is 131 Å². The third-order valence-electron chi connectivity index (χ3n) is 3.86. The normalized spacial score (nSPS) is 15.5. The number of nitrogens with two attached hydrogens (primary N) is 1. The fraction of sp³-hybridized carbons (Fsp3) is 0.357. The topological polar surface area (TPSA) is 78.0 Å². The summed E-state index contributed by atoms with van der Waals surface area (Å²) in [6.45, 7) is 0. The SMILES string of the molecule is NS(=O)(=O)c1ccc(-n2nc(C(F)(F)F)c3c2CCCC3)cc1. The van der Waals surface area contributed by atoms with Gasteiger partial charge in [0, 0.05) is 11.3 Å². The maximum absolute atomic E-state index is 13.2. The first kappa shape index (κ1) is 16.0. The quantitative estimate of drug-likeness (QED) is 0.908. The standard InChI is InChI=1S/C14H14F3N3O2S/c15-14(16,17)13-11-3-1-2-4-12(11)20(19-13)9-5-7-10(8-6-9)23(18,21)22/h5-8H,1-4H2,(H2,18,21,22). The molecule has 0 radical (unpaired) electrons. The number of nitrogens with zero attached hydrogens (tertiary/aromatic N) is 2. The maximum Gasteiger partial charge on any atom is 0.435 e. The van der Waals surface area contributed by atoms with Gasteiger partial charge in [-0.05, 0) is 49.9 Å². The number of primary sulfonamides is 1. The molecular formula is C14H14F3N3O2S. The minimum atomic E-state index is -4.51.